The number of methoxy groups -OCH3 is 1. The fourth-order valence-corrected chi connectivity index (χ4v) is 10.7. The van der Waals surface area contributed by atoms with Gasteiger partial charge in [0.2, 0.25) is 11.8 Å². The van der Waals surface area contributed by atoms with Crippen LogP contribution in [0, 0.1) is 33.1 Å². The first-order valence-corrected chi connectivity index (χ1v) is 23.6. The summed E-state index contributed by atoms with van der Waals surface area (Å²) in [6.45, 7) is 14.4. The number of fused-ring (bicyclic) bond motifs is 3. The third-order valence-electron chi connectivity index (χ3n) is 12.2. The molecule has 0 radical (unpaired) electrons. The highest BCUT2D eigenvalue weighted by Gasteiger charge is 2.42. The molecule has 3 aromatic carbocycles. The summed E-state index contributed by atoms with van der Waals surface area (Å²) in [4.78, 5) is 67.8. The Balaban J connectivity index is 0.967. The number of amides is 3. The predicted molar refractivity (Wildman–Crippen MR) is 255 cm³/mol. The van der Waals surface area contributed by atoms with E-state index in [-0.39, 0.29) is 28.8 Å². The van der Waals surface area contributed by atoms with Crippen LogP contribution >= 0.6 is 34.3 Å². The van der Waals surface area contributed by atoms with E-state index in [1.807, 2.05) is 99.3 Å². The van der Waals surface area contributed by atoms with Crippen molar-refractivity contribution < 1.29 is 23.9 Å². The number of esters is 1. The van der Waals surface area contributed by atoms with Crippen molar-refractivity contribution in [2.45, 2.75) is 92.4 Å². The van der Waals surface area contributed by atoms with Crippen LogP contribution in [0.15, 0.2) is 77.2 Å². The third-order valence-corrected chi connectivity index (χ3v) is 14.7. The van der Waals surface area contributed by atoms with E-state index in [1.165, 1.54) is 7.11 Å². The smallest absolute Gasteiger partial charge is 0.308 e. The van der Waals surface area contributed by atoms with Crippen LogP contribution in [0.3, 0.4) is 0 Å². The molecule has 336 valence electrons. The average Bonchev–Trinajstić information content (AvgIpc) is 4.08. The number of carbonyl (C=O) groups excluding carboxylic acids is 4. The Labute approximate surface area is 391 Å². The fraction of sp³-hybridized carbons (Fsp3) is 0.347. The highest BCUT2D eigenvalue weighted by Crippen LogP contribution is 2.40. The van der Waals surface area contributed by atoms with Crippen LogP contribution in [-0.2, 0) is 25.7 Å². The number of benzene rings is 3. The quantitative estimate of drug-likeness (QED) is 0.122. The summed E-state index contributed by atoms with van der Waals surface area (Å²) in [5, 5.41) is 16.0. The highest BCUT2D eigenvalue weighted by atomic mass is 35.5. The van der Waals surface area contributed by atoms with E-state index in [1.54, 1.807) is 39.7 Å². The first-order valence-electron chi connectivity index (χ1n) is 21.5. The lowest BCUT2D eigenvalue weighted by Crippen LogP contribution is -2.57. The Bertz CT molecular complexity index is 2840. The Morgan fingerprint density at radius 2 is 1.62 bits per heavy atom. The number of likely N-dealkylation sites (tertiary alicyclic amines) is 1. The van der Waals surface area contributed by atoms with E-state index in [0.717, 1.165) is 65.1 Å². The minimum absolute atomic E-state index is 0.00771. The van der Waals surface area contributed by atoms with Crippen LogP contribution in [0.2, 0.25) is 5.02 Å². The largest absolute Gasteiger partial charge is 0.469 e. The predicted octanol–water partition coefficient (Wildman–Crippen LogP) is 8.91. The summed E-state index contributed by atoms with van der Waals surface area (Å²) in [5.74, 6) is -0.138. The van der Waals surface area contributed by atoms with Crippen molar-refractivity contribution >= 4 is 63.7 Å². The topological polar surface area (TPSA) is 161 Å². The SMILES string of the molecule is COC(=O)CC1N=C(c2ccc(-c3ccc(C(=O)NC(C(=O)N4CCC[C@H]4C(=O)NCc4ccc(-c5scnc5C)cc4)C(C)(C)C)c(Cl)c3)cc2)c2c(sc(C)c2C)-n2c(C)nnc21. The van der Waals surface area contributed by atoms with Crippen molar-refractivity contribution in [3.63, 3.8) is 0 Å². The molecule has 0 spiro atoms. The molecular formula is C49H51ClN8O5S2. The molecule has 8 rings (SSSR count). The van der Waals surface area contributed by atoms with Crippen LogP contribution in [0.5, 0.6) is 0 Å². The van der Waals surface area contributed by atoms with E-state index < -0.39 is 35.4 Å². The zero-order valence-electron chi connectivity index (χ0n) is 37.6. The van der Waals surface area contributed by atoms with Gasteiger partial charge in [-0.05, 0) is 85.9 Å². The number of thiophene rings is 1. The van der Waals surface area contributed by atoms with Crippen molar-refractivity contribution in [2.24, 2.45) is 10.4 Å². The zero-order chi connectivity index (χ0) is 46.3. The maximum absolute atomic E-state index is 14.3. The normalized spacial score (nSPS) is 16.3. The Hall–Kier alpha value is -6.03. The number of halogens is 1. The summed E-state index contributed by atoms with van der Waals surface area (Å²) in [6.07, 6.45) is 1.21. The molecule has 3 atom stereocenters. The number of hydrogen-bond acceptors (Lipinski definition) is 11. The summed E-state index contributed by atoms with van der Waals surface area (Å²) in [6, 6.07) is 19.0. The fourth-order valence-electron chi connectivity index (χ4n) is 8.45. The molecule has 2 N–H and O–H groups in total. The van der Waals surface area contributed by atoms with Crippen molar-refractivity contribution in [3.05, 3.63) is 127 Å². The van der Waals surface area contributed by atoms with Gasteiger partial charge < -0.3 is 20.3 Å². The second kappa shape index (κ2) is 18.5. The number of nitrogens with one attached hydrogen (secondary N) is 2. The minimum Gasteiger partial charge on any atom is -0.469 e. The van der Waals surface area contributed by atoms with Gasteiger partial charge in [0.05, 0.1) is 45.9 Å². The lowest BCUT2D eigenvalue weighted by Gasteiger charge is -2.35. The van der Waals surface area contributed by atoms with Crippen molar-refractivity contribution in [1.82, 2.24) is 35.3 Å². The summed E-state index contributed by atoms with van der Waals surface area (Å²) < 4.78 is 7.03. The molecule has 0 saturated carbocycles. The number of hydrogen-bond donors (Lipinski definition) is 2. The Morgan fingerprint density at radius 1 is 0.923 bits per heavy atom. The van der Waals surface area contributed by atoms with Crippen LogP contribution < -0.4 is 10.6 Å². The zero-order valence-corrected chi connectivity index (χ0v) is 40.0. The van der Waals surface area contributed by atoms with Crippen molar-refractivity contribution in [2.75, 3.05) is 13.7 Å². The van der Waals surface area contributed by atoms with E-state index in [4.69, 9.17) is 21.3 Å². The first kappa shape index (κ1) is 45.5. The van der Waals surface area contributed by atoms with Gasteiger partial charge in [-0.15, -0.1) is 32.9 Å². The number of thiazole rings is 1. The molecule has 13 nitrogen and oxygen atoms in total. The minimum atomic E-state index is -0.927. The molecule has 0 bridgehead atoms. The molecule has 6 aromatic rings. The molecule has 16 heteroatoms. The molecule has 0 aliphatic carbocycles. The number of aromatic nitrogens is 4. The molecule has 5 heterocycles. The monoisotopic (exact) mass is 930 g/mol. The van der Waals surface area contributed by atoms with Gasteiger partial charge in [0.1, 0.15) is 29.0 Å². The standard InChI is InChI=1S/C49H51ClN8O5S2/c1-26-28(3)65-48-40(26)41(53-37(23-39(59)63-8)44-56-55-29(4)58(44)48)32-17-15-31(16-18-32)34-19-20-35(36(50)22-34)45(60)54-43(49(5,6)7)47(62)57-21-9-10-38(57)46(61)51-24-30-11-13-33(14-12-30)42-27(2)52-25-64-42/h11-20,22,25,37-38,43H,9-10,21,23-24H2,1-8H3,(H,51,61)(H,54,60)/t37?,38-,43?/m0/s1. The van der Waals surface area contributed by atoms with Gasteiger partial charge in [0.25, 0.3) is 5.91 Å². The van der Waals surface area contributed by atoms with Gasteiger partial charge in [0, 0.05) is 29.1 Å². The van der Waals surface area contributed by atoms with E-state index >= 15 is 0 Å². The van der Waals surface area contributed by atoms with Gasteiger partial charge >= 0.3 is 5.97 Å². The van der Waals surface area contributed by atoms with E-state index in [2.05, 4.69) is 39.7 Å². The van der Waals surface area contributed by atoms with Gasteiger partial charge in [0.15, 0.2) is 5.82 Å². The number of aryl methyl sites for hydroxylation is 3. The molecule has 65 heavy (non-hydrogen) atoms. The van der Waals surface area contributed by atoms with Crippen molar-refractivity contribution in [1.29, 1.82) is 0 Å². The number of ether oxygens (including phenoxy) is 1. The molecule has 3 amide bonds. The van der Waals surface area contributed by atoms with Gasteiger partial charge in [-0.3, -0.25) is 28.7 Å². The molecule has 2 unspecified atom stereocenters. The second-order valence-corrected chi connectivity index (χ2v) is 20.1. The second-order valence-electron chi connectivity index (χ2n) is 17.6. The molecular weight excluding hydrogens is 880 g/mol. The summed E-state index contributed by atoms with van der Waals surface area (Å²) >= 11 is 10.1. The van der Waals surface area contributed by atoms with E-state index in [0.29, 0.717) is 37.6 Å². The van der Waals surface area contributed by atoms with Crippen LogP contribution in [0.1, 0.15) is 101 Å². The Kier molecular flexibility index (Phi) is 12.9. The molecule has 2 aliphatic heterocycles. The van der Waals surface area contributed by atoms with Gasteiger partial charge in [-0.2, -0.15) is 0 Å². The van der Waals surface area contributed by atoms with Crippen molar-refractivity contribution in [3.8, 4) is 26.6 Å². The number of aliphatic imine (C=N–C) groups is 1. The lowest BCUT2D eigenvalue weighted by molar-refractivity contribution is -0.142. The number of carbonyl (C=O) groups is 4. The van der Waals surface area contributed by atoms with E-state index in [9.17, 15) is 19.2 Å². The van der Waals surface area contributed by atoms with Gasteiger partial charge in [-0.25, -0.2) is 4.98 Å². The number of nitrogens with zero attached hydrogens (tertiary/aromatic N) is 6. The molecule has 3 aromatic heterocycles. The number of rotatable bonds is 11. The molecule has 2 aliphatic rings. The molecule has 1 fully saturated rings. The maximum atomic E-state index is 14.3. The lowest BCUT2D eigenvalue weighted by atomic mass is 9.85. The average molecular weight is 932 g/mol. The highest BCUT2D eigenvalue weighted by molar-refractivity contribution is 7.15. The summed E-state index contributed by atoms with van der Waals surface area (Å²) in [7, 11) is 1.36. The third kappa shape index (κ3) is 9.14. The van der Waals surface area contributed by atoms with Crippen LogP contribution in [-0.4, -0.2) is 79.8 Å². The first-order chi connectivity index (χ1) is 31.0. The van der Waals surface area contributed by atoms with Gasteiger partial charge in [-0.1, -0.05) is 87.0 Å². The van der Waals surface area contributed by atoms with Crippen LogP contribution in [0.4, 0.5) is 0 Å². The van der Waals surface area contributed by atoms with Crippen LogP contribution in [0.25, 0.3) is 26.6 Å². The molecule has 1 saturated heterocycles. The summed E-state index contributed by atoms with van der Waals surface area (Å²) in [5.41, 5.74) is 9.67. The Morgan fingerprint density at radius 3 is 2.28 bits per heavy atom. The maximum Gasteiger partial charge on any atom is 0.308 e.